The van der Waals surface area contributed by atoms with Gasteiger partial charge in [0.15, 0.2) is 0 Å². The molecule has 0 aromatic heterocycles. The van der Waals surface area contributed by atoms with Crippen LogP contribution in [0.25, 0.3) is 0 Å². The highest BCUT2D eigenvalue weighted by Gasteiger charge is 2.28. The van der Waals surface area contributed by atoms with Gasteiger partial charge in [-0.2, -0.15) is 0 Å². The number of carbonyl (C=O) groups is 1. The van der Waals surface area contributed by atoms with Gasteiger partial charge in [0.25, 0.3) is 5.91 Å². The Morgan fingerprint density at radius 2 is 1.85 bits per heavy atom. The third kappa shape index (κ3) is 4.84. The molecule has 8 heteroatoms. The van der Waals surface area contributed by atoms with E-state index in [4.69, 9.17) is 0 Å². The average Bonchev–Trinajstić information content (AvgIpc) is 2.63. The van der Waals surface area contributed by atoms with Crippen molar-refractivity contribution in [3.05, 3.63) is 65.5 Å². The molecule has 1 N–H and O–H groups in total. The number of rotatable bonds is 5. The van der Waals surface area contributed by atoms with Gasteiger partial charge in [0.2, 0.25) is 10.9 Å². The second-order valence-electron chi connectivity index (χ2n) is 6.62. The minimum Gasteiger partial charge on any atom is -0.333 e. The maximum absolute atomic E-state index is 13.8. The zero-order valence-electron chi connectivity index (χ0n) is 15.0. The summed E-state index contributed by atoms with van der Waals surface area (Å²) in [5.74, 6) is -0.303. The molecule has 0 radical (unpaired) electrons. The second kappa shape index (κ2) is 8.49. The molecule has 1 aliphatic rings. The maximum Gasteiger partial charge on any atom is 0.254 e. The van der Waals surface area contributed by atoms with Gasteiger partial charge in [-0.1, -0.05) is 18.2 Å². The molecule has 1 saturated heterocycles. The molecule has 2 aromatic carbocycles. The molecule has 0 saturated carbocycles. The number of carbonyl (C=O) groups excluding carboxylic acids is 1. The monoisotopic (exact) mass is 391 g/mol. The Bertz CT molecular complexity index is 878. The van der Waals surface area contributed by atoms with Crippen LogP contribution in [0, 0.1) is 5.82 Å². The van der Waals surface area contributed by atoms with Gasteiger partial charge in [-0.15, -0.1) is 0 Å². The maximum atomic E-state index is 13.8. The van der Waals surface area contributed by atoms with Crippen molar-refractivity contribution in [3.8, 4) is 0 Å². The summed E-state index contributed by atoms with van der Waals surface area (Å²) < 4.78 is 37.5. The van der Waals surface area contributed by atoms with Gasteiger partial charge in [0.05, 0.1) is 0 Å². The summed E-state index contributed by atoms with van der Waals surface area (Å²) >= 11 is 0. The van der Waals surface area contributed by atoms with E-state index in [-0.39, 0.29) is 17.8 Å². The largest absolute Gasteiger partial charge is 0.333 e. The van der Waals surface area contributed by atoms with Crippen molar-refractivity contribution >= 4 is 22.5 Å². The second-order valence-corrected chi connectivity index (χ2v) is 7.36. The van der Waals surface area contributed by atoms with E-state index in [2.05, 4.69) is 9.62 Å². The number of hydrogen-bond acceptors (Lipinski definition) is 4. The number of amides is 1. The Kier molecular flexibility index (Phi) is 6.08. The third-order valence-electron chi connectivity index (χ3n) is 4.68. The predicted molar refractivity (Wildman–Crippen MR) is 103 cm³/mol. The van der Waals surface area contributed by atoms with Crippen LogP contribution in [0.15, 0.2) is 48.5 Å². The summed E-state index contributed by atoms with van der Waals surface area (Å²) in [4.78, 5) is 16.7. The van der Waals surface area contributed by atoms with Crippen molar-refractivity contribution in [1.29, 1.82) is 0 Å². The molecule has 2 aromatic rings. The molecule has 1 atom stereocenters. The van der Waals surface area contributed by atoms with E-state index in [0.717, 1.165) is 0 Å². The highest BCUT2D eigenvalue weighted by Crippen LogP contribution is 2.18. The minimum atomic E-state index is -2.73. The van der Waals surface area contributed by atoms with Gasteiger partial charge in [-0.25, -0.2) is 12.8 Å². The van der Waals surface area contributed by atoms with Gasteiger partial charge in [0.1, 0.15) is 5.82 Å². The summed E-state index contributed by atoms with van der Waals surface area (Å²) in [7, 11) is -2.73. The zero-order chi connectivity index (χ0) is 19.4. The van der Waals surface area contributed by atoms with Crippen molar-refractivity contribution in [3.63, 3.8) is 0 Å². The number of hydrogen-bond donors (Lipinski definition) is 2. The SMILES string of the molecule is C[C@H]1CN(Cc2ccccc2F)CCN1C(=O)c1ccc(N[SH](=O)=O)cc1. The normalized spacial score (nSPS) is 17.9. The van der Waals surface area contributed by atoms with Crippen LogP contribution in [0.5, 0.6) is 0 Å². The van der Waals surface area contributed by atoms with Crippen LogP contribution >= 0.6 is 0 Å². The van der Waals surface area contributed by atoms with Gasteiger partial charge < -0.3 is 4.90 Å². The summed E-state index contributed by atoms with van der Waals surface area (Å²) in [6.45, 7) is 4.38. The molecule has 6 nitrogen and oxygen atoms in total. The molecule has 0 bridgehead atoms. The highest BCUT2D eigenvalue weighted by atomic mass is 32.2. The number of thiol groups is 1. The lowest BCUT2D eigenvalue weighted by molar-refractivity contribution is 0.0473. The minimum absolute atomic E-state index is 0.00746. The Hall–Kier alpha value is -2.45. The predicted octanol–water partition coefficient (Wildman–Crippen LogP) is 2.11. The number of nitrogens with zero attached hydrogens (tertiary/aromatic N) is 2. The molecule has 1 heterocycles. The lowest BCUT2D eigenvalue weighted by Crippen LogP contribution is -2.53. The van der Waals surface area contributed by atoms with E-state index >= 15 is 0 Å². The topological polar surface area (TPSA) is 69.7 Å². The molecular weight excluding hydrogens is 369 g/mol. The van der Waals surface area contributed by atoms with Crippen LogP contribution in [0.3, 0.4) is 0 Å². The third-order valence-corrected chi connectivity index (χ3v) is 5.12. The van der Waals surface area contributed by atoms with E-state index in [1.54, 1.807) is 41.3 Å². The first kappa shape index (κ1) is 19.3. The molecule has 1 aliphatic heterocycles. The quantitative estimate of drug-likeness (QED) is 0.766. The smallest absolute Gasteiger partial charge is 0.254 e. The van der Waals surface area contributed by atoms with Crippen LogP contribution in [0.2, 0.25) is 0 Å². The average molecular weight is 391 g/mol. The van der Waals surface area contributed by atoms with Crippen molar-refractivity contribution < 1.29 is 17.6 Å². The Labute approximate surface area is 159 Å². The number of halogens is 1. The molecule has 0 spiro atoms. The first-order chi connectivity index (χ1) is 12.9. The fraction of sp³-hybridized carbons (Fsp3) is 0.316. The van der Waals surface area contributed by atoms with Crippen molar-refractivity contribution in [2.75, 3.05) is 24.4 Å². The molecule has 0 unspecified atom stereocenters. The summed E-state index contributed by atoms with van der Waals surface area (Å²) in [6, 6.07) is 13.1. The lowest BCUT2D eigenvalue weighted by Gasteiger charge is -2.40. The molecule has 3 rings (SSSR count). The van der Waals surface area contributed by atoms with E-state index in [9.17, 15) is 17.6 Å². The van der Waals surface area contributed by atoms with Gasteiger partial charge in [-0.3, -0.25) is 14.4 Å². The summed E-state index contributed by atoms with van der Waals surface area (Å²) in [5.41, 5.74) is 1.59. The van der Waals surface area contributed by atoms with Gasteiger partial charge in [0, 0.05) is 49.0 Å². The first-order valence-corrected chi connectivity index (χ1v) is 9.89. The first-order valence-electron chi connectivity index (χ1n) is 8.72. The van der Waals surface area contributed by atoms with E-state index in [1.807, 2.05) is 13.0 Å². The standard InChI is InChI=1S/C19H22FN3O3S/c1-14-12-22(13-16-4-2-3-5-18(16)20)10-11-23(14)19(24)15-6-8-17(9-7-15)21-27(25)26/h2-9,14,27H,10-13H2,1H3,(H,21,25,26)/t14-/m0/s1. The Morgan fingerprint density at radius 3 is 2.48 bits per heavy atom. The van der Waals surface area contributed by atoms with Crippen molar-refractivity contribution in [2.45, 2.75) is 19.5 Å². The Morgan fingerprint density at radius 1 is 1.15 bits per heavy atom. The molecular formula is C19H22FN3O3S. The van der Waals surface area contributed by atoms with E-state index in [0.29, 0.717) is 43.0 Å². The molecule has 1 amide bonds. The zero-order valence-corrected chi connectivity index (χ0v) is 15.9. The molecule has 27 heavy (non-hydrogen) atoms. The fourth-order valence-corrected chi connectivity index (χ4v) is 3.66. The molecule has 0 aliphatic carbocycles. The molecule has 144 valence electrons. The summed E-state index contributed by atoms with van der Waals surface area (Å²) in [5, 5.41) is 0. The lowest BCUT2D eigenvalue weighted by atomic mass is 10.1. The summed E-state index contributed by atoms with van der Waals surface area (Å²) in [6.07, 6.45) is 0. The fourth-order valence-electron chi connectivity index (χ4n) is 3.30. The van der Waals surface area contributed by atoms with E-state index in [1.165, 1.54) is 6.07 Å². The van der Waals surface area contributed by atoms with E-state index < -0.39 is 10.9 Å². The van der Waals surface area contributed by atoms with Crippen LogP contribution in [0.4, 0.5) is 10.1 Å². The van der Waals surface area contributed by atoms with Gasteiger partial charge in [-0.05, 0) is 37.3 Å². The highest BCUT2D eigenvalue weighted by molar-refractivity contribution is 7.73. The number of piperazine rings is 1. The van der Waals surface area contributed by atoms with Crippen molar-refractivity contribution in [2.24, 2.45) is 0 Å². The molecule has 1 fully saturated rings. The van der Waals surface area contributed by atoms with Crippen molar-refractivity contribution in [1.82, 2.24) is 9.80 Å². The van der Waals surface area contributed by atoms with Crippen LogP contribution in [-0.4, -0.2) is 49.8 Å². The van der Waals surface area contributed by atoms with Crippen LogP contribution in [-0.2, 0) is 17.4 Å². The number of anilines is 1. The number of nitrogens with one attached hydrogen (secondary N) is 1. The Balaban J connectivity index is 1.62. The van der Waals surface area contributed by atoms with Gasteiger partial charge >= 0.3 is 0 Å². The van der Waals surface area contributed by atoms with Crippen LogP contribution < -0.4 is 4.72 Å². The number of benzene rings is 2. The van der Waals surface area contributed by atoms with Crippen LogP contribution in [0.1, 0.15) is 22.8 Å².